The van der Waals surface area contributed by atoms with Gasteiger partial charge in [-0.3, -0.25) is 0 Å². The molecule has 0 bridgehead atoms. The maximum atomic E-state index is 10.3. The molecule has 20 heavy (non-hydrogen) atoms. The average molecular weight is 327 g/mol. The normalized spacial score (nSPS) is 12.4. The van der Waals surface area contributed by atoms with E-state index in [1.807, 2.05) is 30.3 Å². The quantitative estimate of drug-likeness (QED) is 0.729. The minimum atomic E-state index is -0.366. The van der Waals surface area contributed by atoms with E-state index >= 15 is 0 Å². The first kappa shape index (κ1) is 13.4. The first-order valence-corrected chi connectivity index (χ1v) is 8.75. The Balaban J connectivity index is 1.77. The van der Waals surface area contributed by atoms with Gasteiger partial charge in [-0.25, -0.2) is 0 Å². The summed E-state index contributed by atoms with van der Waals surface area (Å²) in [5.74, 6) is 0. The number of hydrogen-bond donors (Lipinski definition) is 1. The van der Waals surface area contributed by atoms with Crippen molar-refractivity contribution in [1.29, 1.82) is 0 Å². The average Bonchev–Trinajstić information content (AvgIpc) is 2.53. The number of hydrogen-bond acceptors (Lipinski definition) is 1. The molecular formula is C18H16OSe. The molecule has 0 aliphatic heterocycles. The number of benzene rings is 3. The van der Waals surface area contributed by atoms with Crippen molar-refractivity contribution in [3.63, 3.8) is 0 Å². The topological polar surface area (TPSA) is 20.2 Å². The summed E-state index contributed by atoms with van der Waals surface area (Å²) in [5.41, 5.74) is 1.01. The van der Waals surface area contributed by atoms with Gasteiger partial charge in [0.15, 0.2) is 0 Å². The zero-order chi connectivity index (χ0) is 13.8. The zero-order valence-corrected chi connectivity index (χ0v) is 12.8. The van der Waals surface area contributed by atoms with Gasteiger partial charge in [-0.05, 0) is 0 Å². The molecule has 1 N–H and O–H groups in total. The molecule has 1 atom stereocenters. The Morgan fingerprint density at radius 1 is 0.800 bits per heavy atom. The van der Waals surface area contributed by atoms with Crippen LogP contribution in [0.1, 0.15) is 11.7 Å². The Kier molecular flexibility index (Phi) is 4.17. The van der Waals surface area contributed by atoms with Crippen molar-refractivity contribution in [3.8, 4) is 0 Å². The maximum absolute atomic E-state index is 10.3. The van der Waals surface area contributed by atoms with Gasteiger partial charge in [0, 0.05) is 0 Å². The number of fused-ring (bicyclic) bond motifs is 1. The number of aliphatic hydroxyl groups is 1. The predicted octanol–water partition coefficient (Wildman–Crippen LogP) is 3.32. The van der Waals surface area contributed by atoms with Crippen LogP contribution in [0.15, 0.2) is 72.8 Å². The predicted molar refractivity (Wildman–Crippen MR) is 85.5 cm³/mol. The van der Waals surface area contributed by atoms with E-state index in [1.165, 1.54) is 15.2 Å². The summed E-state index contributed by atoms with van der Waals surface area (Å²) >= 11 is 0.274. The van der Waals surface area contributed by atoms with Crippen molar-refractivity contribution in [3.05, 3.63) is 78.4 Å². The van der Waals surface area contributed by atoms with Crippen molar-refractivity contribution in [2.45, 2.75) is 11.4 Å². The van der Waals surface area contributed by atoms with Crippen LogP contribution in [-0.2, 0) is 0 Å². The molecule has 3 rings (SSSR count). The van der Waals surface area contributed by atoms with Crippen LogP contribution < -0.4 is 4.46 Å². The standard InChI is InChI=1S/C18H16OSe/c19-17(15-8-2-1-3-9-15)13-20-18-12-6-10-14-7-4-5-11-16(14)18/h1-12,17,19H,13H2. The Bertz CT molecular complexity index is 689. The molecule has 0 aromatic heterocycles. The molecular weight excluding hydrogens is 311 g/mol. The number of rotatable bonds is 4. The molecule has 3 aromatic carbocycles. The van der Waals surface area contributed by atoms with Crippen LogP contribution in [0.5, 0.6) is 0 Å². The van der Waals surface area contributed by atoms with Crippen LogP contribution in [0.4, 0.5) is 0 Å². The molecule has 0 saturated carbocycles. The van der Waals surface area contributed by atoms with Crippen molar-refractivity contribution >= 4 is 30.2 Å². The van der Waals surface area contributed by atoms with Gasteiger partial charge in [-0.15, -0.1) is 0 Å². The molecule has 0 amide bonds. The van der Waals surface area contributed by atoms with Crippen LogP contribution in [0.2, 0.25) is 5.32 Å². The Morgan fingerprint density at radius 2 is 1.50 bits per heavy atom. The van der Waals surface area contributed by atoms with Crippen LogP contribution >= 0.6 is 0 Å². The molecule has 100 valence electrons. The zero-order valence-electron chi connectivity index (χ0n) is 11.1. The molecule has 1 nitrogen and oxygen atoms in total. The molecule has 3 aromatic rings. The molecule has 0 aliphatic carbocycles. The van der Waals surface area contributed by atoms with Gasteiger partial charge < -0.3 is 0 Å². The molecule has 0 radical (unpaired) electrons. The van der Waals surface area contributed by atoms with Crippen LogP contribution in [0, 0.1) is 0 Å². The summed E-state index contributed by atoms with van der Waals surface area (Å²) in [6.07, 6.45) is -0.366. The molecule has 2 heteroatoms. The Hall–Kier alpha value is -1.60. The van der Waals surface area contributed by atoms with Gasteiger partial charge >= 0.3 is 125 Å². The van der Waals surface area contributed by atoms with E-state index in [4.69, 9.17) is 0 Å². The van der Waals surface area contributed by atoms with Gasteiger partial charge in [0.2, 0.25) is 0 Å². The van der Waals surface area contributed by atoms with Crippen molar-refractivity contribution in [2.24, 2.45) is 0 Å². The molecule has 1 unspecified atom stereocenters. The fourth-order valence-corrected chi connectivity index (χ4v) is 4.46. The van der Waals surface area contributed by atoms with E-state index < -0.39 is 0 Å². The summed E-state index contributed by atoms with van der Waals surface area (Å²) in [6.45, 7) is 0. The monoisotopic (exact) mass is 328 g/mol. The third kappa shape index (κ3) is 2.94. The van der Waals surface area contributed by atoms with Gasteiger partial charge in [0.05, 0.1) is 0 Å². The first-order chi connectivity index (χ1) is 9.84. The Morgan fingerprint density at radius 3 is 2.35 bits per heavy atom. The number of aliphatic hydroxyl groups excluding tert-OH is 1. The second kappa shape index (κ2) is 6.23. The molecule has 0 fully saturated rings. The van der Waals surface area contributed by atoms with Crippen molar-refractivity contribution in [1.82, 2.24) is 0 Å². The molecule has 0 saturated heterocycles. The first-order valence-electron chi connectivity index (χ1n) is 6.68. The minimum absolute atomic E-state index is 0.274. The van der Waals surface area contributed by atoms with Crippen molar-refractivity contribution in [2.75, 3.05) is 0 Å². The summed E-state index contributed by atoms with van der Waals surface area (Å²) < 4.78 is 1.37. The molecule has 0 heterocycles. The summed E-state index contributed by atoms with van der Waals surface area (Å²) in [7, 11) is 0. The van der Waals surface area contributed by atoms with E-state index in [9.17, 15) is 5.11 Å². The van der Waals surface area contributed by atoms with Crippen molar-refractivity contribution < 1.29 is 5.11 Å². The molecule has 0 aliphatic rings. The van der Waals surface area contributed by atoms with Crippen LogP contribution in [-0.4, -0.2) is 20.1 Å². The summed E-state index contributed by atoms with van der Waals surface area (Å²) in [5, 5.41) is 13.7. The third-order valence-corrected chi connectivity index (χ3v) is 5.74. The van der Waals surface area contributed by atoms with Crippen LogP contribution in [0.3, 0.4) is 0 Å². The SMILES string of the molecule is OC(C[Se]c1cccc2ccccc12)c1ccccc1. The van der Waals surface area contributed by atoms with E-state index in [-0.39, 0.29) is 21.1 Å². The second-order valence-electron chi connectivity index (χ2n) is 4.71. The summed E-state index contributed by atoms with van der Waals surface area (Å²) in [4.78, 5) is 0. The van der Waals surface area contributed by atoms with E-state index in [0.29, 0.717) is 0 Å². The third-order valence-electron chi connectivity index (χ3n) is 3.33. The fourth-order valence-electron chi connectivity index (χ4n) is 2.26. The van der Waals surface area contributed by atoms with Gasteiger partial charge in [-0.1, -0.05) is 0 Å². The summed E-state index contributed by atoms with van der Waals surface area (Å²) in [6, 6.07) is 24.8. The Labute approximate surface area is 125 Å². The molecule has 0 spiro atoms. The fraction of sp³-hybridized carbons (Fsp3) is 0.111. The van der Waals surface area contributed by atoms with Gasteiger partial charge in [0.25, 0.3) is 0 Å². The van der Waals surface area contributed by atoms with E-state index in [1.54, 1.807) is 0 Å². The van der Waals surface area contributed by atoms with E-state index in [2.05, 4.69) is 42.5 Å². The van der Waals surface area contributed by atoms with Crippen LogP contribution in [0.25, 0.3) is 10.8 Å². The van der Waals surface area contributed by atoms with Gasteiger partial charge in [0.1, 0.15) is 0 Å². The second-order valence-corrected chi connectivity index (χ2v) is 6.94. The van der Waals surface area contributed by atoms with Gasteiger partial charge in [-0.2, -0.15) is 0 Å². The van der Waals surface area contributed by atoms with E-state index in [0.717, 1.165) is 10.9 Å².